The van der Waals surface area contributed by atoms with Crippen molar-refractivity contribution in [2.75, 3.05) is 46.0 Å². The monoisotopic (exact) mass is 883 g/mol. The molecule has 0 spiro atoms. The molecule has 2 saturated carbocycles. The van der Waals surface area contributed by atoms with Gasteiger partial charge in [-0.25, -0.2) is 18.4 Å². The molecule has 2 aliphatic carbocycles. The van der Waals surface area contributed by atoms with Gasteiger partial charge in [-0.1, -0.05) is 51.8 Å². The molecule has 2 aromatic heterocycles. The lowest BCUT2D eigenvalue weighted by Crippen LogP contribution is -2.65. The van der Waals surface area contributed by atoms with Gasteiger partial charge in [0.2, 0.25) is 21.8 Å². The van der Waals surface area contributed by atoms with E-state index < -0.39 is 62.8 Å². The molecule has 324 valence electrons. The number of benzene rings is 1. The van der Waals surface area contributed by atoms with Crippen molar-refractivity contribution in [3.8, 4) is 22.2 Å². The summed E-state index contributed by atoms with van der Waals surface area (Å²) in [6, 6.07) is 3.40. The summed E-state index contributed by atoms with van der Waals surface area (Å²) in [5, 5.41) is 9.35. The number of fused-ring (bicyclic) bond motifs is 2. The van der Waals surface area contributed by atoms with Crippen molar-refractivity contribution in [3.63, 3.8) is 0 Å². The molecule has 5 fully saturated rings. The Morgan fingerprint density at radius 3 is 2.62 bits per heavy atom. The lowest BCUT2D eigenvalue weighted by molar-refractivity contribution is -0.146. The lowest BCUT2D eigenvalue weighted by Gasteiger charge is -2.41. The number of nitrogens with one attached hydrogen (secondary N) is 3. The standard InChI is InChI=1S/C42H54ClN7O8S2/c1-6-24(5)36-40(52)50-30(38(51)47-42(20-25(42)7-2)41(53)48-60(54,55)26-8-9-26)19-34(31(50)21-44-36)58-33-18-28(39-46-29(22-59-39)23(3)4)45-37-27(33)10-11-32(35(37)43)57-17-14-49-12-15-56-16-13-49/h7,10-11,18,22-26,30-31,34,36,44H,2,6,8-9,12-17,19-21H2,1,3-5H3,(H,47,51)(H,48,53)/t24-,25-,30+,31-,34-,36-,42-/m1/s1. The van der Waals surface area contributed by atoms with E-state index in [1.54, 1.807) is 17.0 Å². The third-order valence-corrected chi connectivity index (χ3v) is 15.7. The predicted molar refractivity (Wildman–Crippen MR) is 229 cm³/mol. The van der Waals surface area contributed by atoms with E-state index in [0.29, 0.717) is 77.3 Å². The molecule has 8 rings (SSSR count). The second-order valence-electron chi connectivity index (χ2n) is 17.0. The van der Waals surface area contributed by atoms with E-state index in [1.807, 2.05) is 31.4 Å². The van der Waals surface area contributed by atoms with Gasteiger partial charge in [-0.15, -0.1) is 17.9 Å². The van der Waals surface area contributed by atoms with E-state index in [2.05, 4.69) is 40.7 Å². The van der Waals surface area contributed by atoms with Crippen molar-refractivity contribution in [2.45, 2.75) is 101 Å². The highest BCUT2D eigenvalue weighted by atomic mass is 35.5. The van der Waals surface area contributed by atoms with E-state index >= 15 is 0 Å². The molecule has 0 bridgehead atoms. The molecule has 5 heterocycles. The van der Waals surface area contributed by atoms with E-state index in [4.69, 9.17) is 35.8 Å². The summed E-state index contributed by atoms with van der Waals surface area (Å²) in [7, 11) is -3.88. The molecule has 3 saturated heterocycles. The first-order valence-electron chi connectivity index (χ1n) is 21.0. The minimum atomic E-state index is -3.88. The van der Waals surface area contributed by atoms with Crippen LogP contribution in [-0.4, -0.2) is 127 Å². The number of aromatic nitrogens is 2. The highest BCUT2D eigenvalue weighted by Crippen LogP contribution is 2.46. The third kappa shape index (κ3) is 8.37. The molecule has 1 aromatic carbocycles. The number of carbonyl (C=O) groups is 3. The Labute approximate surface area is 360 Å². The van der Waals surface area contributed by atoms with Crippen LogP contribution in [0.2, 0.25) is 5.02 Å². The second-order valence-corrected chi connectivity index (χ2v) is 20.2. The molecule has 3 aliphatic heterocycles. The number of nitrogens with zero attached hydrogens (tertiary/aromatic N) is 4. The van der Waals surface area contributed by atoms with E-state index in [0.717, 1.165) is 31.7 Å². The van der Waals surface area contributed by atoms with Crippen LogP contribution >= 0.6 is 22.9 Å². The average molecular weight is 885 g/mol. The fourth-order valence-electron chi connectivity index (χ4n) is 8.47. The molecule has 15 nitrogen and oxygen atoms in total. The molecular weight excluding hydrogens is 830 g/mol. The highest BCUT2D eigenvalue weighted by molar-refractivity contribution is 7.91. The summed E-state index contributed by atoms with van der Waals surface area (Å²) in [6.45, 7) is 16.5. The Bertz CT molecular complexity index is 2260. The Morgan fingerprint density at radius 1 is 1.18 bits per heavy atom. The van der Waals surface area contributed by atoms with E-state index in [1.165, 1.54) is 11.3 Å². The predicted octanol–water partition coefficient (Wildman–Crippen LogP) is 4.25. The molecule has 5 aliphatic rings. The maximum atomic E-state index is 14.5. The van der Waals surface area contributed by atoms with Gasteiger partial charge in [-0.2, -0.15) is 0 Å². The summed E-state index contributed by atoms with van der Waals surface area (Å²) < 4.78 is 46.4. The highest BCUT2D eigenvalue weighted by Gasteiger charge is 2.62. The Balaban J connectivity index is 1.11. The number of halogens is 1. The first-order valence-corrected chi connectivity index (χ1v) is 23.8. The van der Waals surface area contributed by atoms with Gasteiger partial charge < -0.3 is 29.7 Å². The SMILES string of the molecule is C=C[C@@H]1C[C@]1(NC(=O)[C@@H]1C[C@@H](Oc2cc(-c3nc(C(C)C)cs3)nc3c(Cl)c(OCCN4CCOCC4)ccc23)[C@H]2CN[C@H]([C@H](C)CC)C(=O)N21)C(=O)NS(=O)(=O)C1CC1. The summed E-state index contributed by atoms with van der Waals surface area (Å²) in [4.78, 5) is 56.3. The minimum absolute atomic E-state index is 0.0198. The average Bonchev–Trinajstić information content (AvgIpc) is 4.13. The molecule has 0 unspecified atom stereocenters. The van der Waals surface area contributed by atoms with Crippen LogP contribution in [-0.2, 0) is 29.1 Å². The van der Waals surface area contributed by atoms with Crippen LogP contribution in [0.25, 0.3) is 21.6 Å². The Morgan fingerprint density at radius 2 is 1.95 bits per heavy atom. The zero-order valence-corrected chi connectivity index (χ0v) is 36.8. The minimum Gasteiger partial charge on any atom is -0.491 e. The number of amides is 3. The number of morpholine rings is 1. The van der Waals surface area contributed by atoms with E-state index in [9.17, 15) is 22.8 Å². The maximum Gasteiger partial charge on any atom is 0.259 e. The fraction of sp³-hybridized carbons (Fsp3) is 0.595. The molecule has 3 aromatic rings. The second kappa shape index (κ2) is 17.1. The van der Waals surface area contributed by atoms with Gasteiger partial charge in [0.1, 0.15) is 51.5 Å². The van der Waals surface area contributed by atoms with Gasteiger partial charge in [0.15, 0.2) is 0 Å². The van der Waals surface area contributed by atoms with Crippen LogP contribution in [0.4, 0.5) is 0 Å². The lowest BCUT2D eigenvalue weighted by atomic mass is 9.94. The van der Waals surface area contributed by atoms with Crippen LogP contribution in [0.5, 0.6) is 11.5 Å². The number of piperazine rings is 1. The zero-order valence-electron chi connectivity index (χ0n) is 34.4. The fourth-order valence-corrected chi connectivity index (χ4v) is 11.0. The van der Waals surface area contributed by atoms with Gasteiger partial charge >= 0.3 is 0 Å². The number of sulfonamides is 1. The third-order valence-electron chi connectivity index (χ3n) is 12.6. The summed E-state index contributed by atoms with van der Waals surface area (Å²) >= 11 is 8.58. The van der Waals surface area contributed by atoms with Crippen molar-refractivity contribution in [3.05, 3.63) is 47.0 Å². The smallest absolute Gasteiger partial charge is 0.259 e. The summed E-state index contributed by atoms with van der Waals surface area (Å²) in [6.07, 6.45) is 2.87. The normalized spacial score (nSPS) is 27.4. The quantitative estimate of drug-likeness (QED) is 0.175. The van der Waals surface area contributed by atoms with Gasteiger partial charge in [0, 0.05) is 55.4 Å². The topological polar surface area (TPSA) is 181 Å². The van der Waals surface area contributed by atoms with Gasteiger partial charge in [0.05, 0.1) is 41.8 Å². The summed E-state index contributed by atoms with van der Waals surface area (Å²) in [5.74, 6) is -0.938. The number of pyridine rings is 1. The zero-order chi connectivity index (χ0) is 42.5. The first kappa shape index (κ1) is 42.8. The first-order chi connectivity index (χ1) is 28.7. The van der Waals surface area contributed by atoms with Crippen molar-refractivity contribution in [1.82, 2.24) is 35.1 Å². The van der Waals surface area contributed by atoms with Crippen LogP contribution in [0.15, 0.2) is 36.2 Å². The van der Waals surface area contributed by atoms with Gasteiger partial charge in [-0.05, 0) is 43.2 Å². The molecular formula is C42H54ClN7O8S2. The Kier molecular flexibility index (Phi) is 12.2. The van der Waals surface area contributed by atoms with Crippen LogP contribution in [0.3, 0.4) is 0 Å². The van der Waals surface area contributed by atoms with E-state index in [-0.39, 0.29) is 30.6 Å². The molecule has 60 heavy (non-hydrogen) atoms. The number of hydrogen-bond donors (Lipinski definition) is 3. The largest absolute Gasteiger partial charge is 0.491 e. The van der Waals surface area contributed by atoms with Crippen LogP contribution in [0.1, 0.15) is 71.4 Å². The van der Waals surface area contributed by atoms with Gasteiger partial charge in [0.25, 0.3) is 5.91 Å². The van der Waals surface area contributed by atoms with Crippen molar-refractivity contribution in [1.29, 1.82) is 0 Å². The number of rotatable bonds is 16. The van der Waals surface area contributed by atoms with Crippen molar-refractivity contribution < 1.29 is 37.0 Å². The molecule has 3 N–H and O–H groups in total. The van der Waals surface area contributed by atoms with Crippen LogP contribution in [0, 0.1) is 11.8 Å². The van der Waals surface area contributed by atoms with Crippen LogP contribution < -0.4 is 24.8 Å². The molecule has 0 radical (unpaired) electrons. The van der Waals surface area contributed by atoms with Gasteiger partial charge in [-0.3, -0.25) is 24.0 Å². The number of ether oxygens (including phenoxy) is 3. The molecule has 18 heteroatoms. The molecule has 7 atom stereocenters. The summed E-state index contributed by atoms with van der Waals surface area (Å²) in [5.41, 5.74) is 0.449. The van der Waals surface area contributed by atoms with Crippen molar-refractivity contribution in [2.24, 2.45) is 11.8 Å². The number of thiazole rings is 1. The number of carbonyl (C=O) groups excluding carboxylic acids is 3. The molecule has 3 amide bonds. The Hall–Kier alpha value is -3.87. The maximum absolute atomic E-state index is 14.5. The van der Waals surface area contributed by atoms with Crippen molar-refractivity contribution >= 4 is 61.6 Å². The number of hydrogen-bond acceptors (Lipinski definition) is 13.